The summed E-state index contributed by atoms with van der Waals surface area (Å²) >= 11 is 1.88. The molecule has 0 spiro atoms. The van der Waals surface area contributed by atoms with Gasteiger partial charge in [-0.1, -0.05) is 17.8 Å². The highest BCUT2D eigenvalue weighted by Gasteiger charge is 2.36. The van der Waals surface area contributed by atoms with Crippen molar-refractivity contribution in [2.24, 2.45) is 5.14 Å². The highest BCUT2D eigenvalue weighted by Crippen LogP contribution is 2.38. The van der Waals surface area contributed by atoms with Crippen LogP contribution in [0.3, 0.4) is 0 Å². The molecular weight excluding hydrogens is 485 g/mol. The Morgan fingerprint density at radius 2 is 1.94 bits per heavy atom. The van der Waals surface area contributed by atoms with Crippen molar-refractivity contribution in [3.8, 4) is 16.6 Å². The topological polar surface area (TPSA) is 126 Å². The number of amides is 1. The fourth-order valence-electron chi connectivity index (χ4n) is 2.57. The highest BCUT2D eigenvalue weighted by atomic mass is 32.2. The first-order valence-corrected chi connectivity index (χ1v) is 12.0. The molecule has 32 heavy (non-hydrogen) atoms. The Balaban J connectivity index is 1.82. The maximum absolute atomic E-state index is 13.5. The third kappa shape index (κ3) is 5.65. The van der Waals surface area contributed by atoms with E-state index in [2.05, 4.69) is 10.3 Å². The number of nitrogens with one attached hydrogen (secondary N) is 1. The van der Waals surface area contributed by atoms with Crippen LogP contribution in [0.2, 0.25) is 0 Å². The molecule has 0 atom stereocenters. The van der Waals surface area contributed by atoms with Gasteiger partial charge in [-0.3, -0.25) is 4.79 Å². The molecule has 1 aromatic carbocycles. The summed E-state index contributed by atoms with van der Waals surface area (Å²) in [6.07, 6.45) is -4.78. The van der Waals surface area contributed by atoms with Gasteiger partial charge in [-0.25, -0.2) is 18.5 Å². The van der Waals surface area contributed by atoms with Crippen LogP contribution in [0.15, 0.2) is 57.8 Å². The molecule has 0 bridgehead atoms. The number of hydrogen-bond acceptors (Lipinski definition) is 7. The number of thioether (sulfide) groups is 1. The number of halogens is 3. The van der Waals surface area contributed by atoms with Crippen LogP contribution in [-0.2, 0) is 21.0 Å². The van der Waals surface area contributed by atoms with E-state index >= 15 is 0 Å². The molecule has 0 radical (unpaired) electrons. The molecule has 0 saturated heterocycles. The van der Waals surface area contributed by atoms with Gasteiger partial charge in [0.05, 0.1) is 32.3 Å². The van der Waals surface area contributed by atoms with Crippen molar-refractivity contribution in [1.82, 2.24) is 4.98 Å². The van der Waals surface area contributed by atoms with Crippen molar-refractivity contribution < 1.29 is 26.4 Å². The van der Waals surface area contributed by atoms with Gasteiger partial charge in [-0.15, -0.1) is 11.3 Å². The molecule has 3 aromatic rings. The molecule has 3 rings (SSSR count). The van der Waals surface area contributed by atoms with Gasteiger partial charge >= 0.3 is 6.18 Å². The first-order valence-electron chi connectivity index (χ1n) is 8.61. The van der Waals surface area contributed by atoms with Crippen LogP contribution in [0, 0.1) is 11.3 Å². The number of benzene rings is 1. The van der Waals surface area contributed by atoms with E-state index in [9.17, 15) is 31.6 Å². The molecule has 13 heteroatoms. The summed E-state index contributed by atoms with van der Waals surface area (Å²) in [6, 6.07) is 10.7. The van der Waals surface area contributed by atoms with E-state index in [1.54, 1.807) is 17.5 Å². The summed E-state index contributed by atoms with van der Waals surface area (Å²) in [4.78, 5) is 16.8. The lowest BCUT2D eigenvalue weighted by Gasteiger charge is -2.13. The fourth-order valence-corrected chi connectivity index (χ4v) is 4.57. The van der Waals surface area contributed by atoms with Crippen molar-refractivity contribution in [1.29, 1.82) is 5.26 Å². The average Bonchev–Trinajstić information content (AvgIpc) is 3.25. The Labute approximate surface area is 189 Å². The van der Waals surface area contributed by atoms with E-state index in [0.29, 0.717) is 16.6 Å². The third-order valence-corrected chi connectivity index (χ3v) is 6.78. The van der Waals surface area contributed by atoms with Gasteiger partial charge in [0.25, 0.3) is 0 Å². The molecule has 0 fully saturated rings. The molecule has 1 amide bonds. The minimum absolute atomic E-state index is 0.0489. The van der Waals surface area contributed by atoms with Crippen LogP contribution < -0.4 is 10.5 Å². The van der Waals surface area contributed by atoms with Crippen molar-refractivity contribution in [2.45, 2.75) is 16.1 Å². The molecular formula is C19H13F3N4O3S3. The van der Waals surface area contributed by atoms with E-state index in [-0.39, 0.29) is 27.1 Å². The lowest BCUT2D eigenvalue weighted by atomic mass is 10.1. The standard InChI is InChI=1S/C19H13F3N4O3S3/c20-19(21,22)14-8-15(16-2-1-7-30-16)26-18(13(14)9-23)31-10-17(27)25-11-3-5-12(6-4-11)32(24,28)29/h1-8H,10H2,(H,25,27)(H2,24,28,29). The van der Waals surface area contributed by atoms with Gasteiger partial charge in [0.1, 0.15) is 11.1 Å². The second-order valence-corrected chi connectivity index (χ2v) is 9.70. The predicted molar refractivity (Wildman–Crippen MR) is 114 cm³/mol. The van der Waals surface area contributed by atoms with Gasteiger partial charge in [0.2, 0.25) is 15.9 Å². The Kier molecular flexibility index (Phi) is 6.89. The smallest absolute Gasteiger partial charge is 0.325 e. The molecule has 3 N–H and O–H groups in total. The number of anilines is 1. The first-order chi connectivity index (χ1) is 15.0. The second kappa shape index (κ2) is 9.29. The molecule has 0 aliphatic rings. The number of primary sulfonamides is 1. The zero-order valence-electron chi connectivity index (χ0n) is 15.9. The molecule has 0 aliphatic carbocycles. The van der Waals surface area contributed by atoms with Crippen molar-refractivity contribution >= 4 is 44.7 Å². The Morgan fingerprint density at radius 1 is 1.25 bits per heavy atom. The number of alkyl halides is 3. The predicted octanol–water partition coefficient (Wildman–Crippen LogP) is 4.08. The Bertz CT molecular complexity index is 1280. The van der Waals surface area contributed by atoms with Crippen LogP contribution in [0.5, 0.6) is 0 Å². The van der Waals surface area contributed by atoms with Crippen LogP contribution in [-0.4, -0.2) is 25.1 Å². The number of carbonyl (C=O) groups excluding carboxylic acids is 1. The number of thiophene rings is 1. The second-order valence-electron chi connectivity index (χ2n) is 6.23. The normalized spacial score (nSPS) is 11.7. The van der Waals surface area contributed by atoms with Crippen molar-refractivity contribution in [3.05, 3.63) is 59.0 Å². The minimum Gasteiger partial charge on any atom is -0.325 e. The average molecular weight is 499 g/mol. The van der Waals surface area contributed by atoms with Crippen LogP contribution in [0.25, 0.3) is 10.6 Å². The third-order valence-electron chi connectivity index (χ3n) is 3.98. The molecule has 166 valence electrons. The number of nitrogens with two attached hydrogens (primary N) is 1. The summed E-state index contributed by atoms with van der Waals surface area (Å²) in [5.74, 6) is -0.914. The quantitative estimate of drug-likeness (QED) is 0.493. The van der Waals surface area contributed by atoms with Crippen LogP contribution in [0.1, 0.15) is 11.1 Å². The lowest BCUT2D eigenvalue weighted by molar-refractivity contribution is -0.138. The summed E-state index contributed by atoms with van der Waals surface area (Å²) < 4.78 is 63.1. The van der Waals surface area contributed by atoms with Crippen LogP contribution in [0.4, 0.5) is 18.9 Å². The van der Waals surface area contributed by atoms with Gasteiger partial charge in [0, 0.05) is 5.69 Å². The number of carbonyl (C=O) groups is 1. The molecule has 2 heterocycles. The zero-order chi connectivity index (χ0) is 23.5. The number of aromatic nitrogens is 1. The van der Waals surface area contributed by atoms with Gasteiger partial charge < -0.3 is 5.32 Å². The number of pyridine rings is 1. The summed E-state index contributed by atoms with van der Waals surface area (Å²) in [7, 11) is -3.89. The molecule has 7 nitrogen and oxygen atoms in total. The van der Waals surface area contributed by atoms with Gasteiger partial charge in [0.15, 0.2) is 0 Å². The Morgan fingerprint density at radius 3 is 2.47 bits per heavy atom. The summed E-state index contributed by atoms with van der Waals surface area (Å²) in [6.45, 7) is 0. The highest BCUT2D eigenvalue weighted by molar-refractivity contribution is 8.00. The molecule has 0 saturated carbocycles. The molecule has 2 aromatic heterocycles. The van der Waals surface area contributed by atoms with Gasteiger partial charge in [-0.2, -0.15) is 18.4 Å². The number of rotatable bonds is 6. The van der Waals surface area contributed by atoms with Crippen molar-refractivity contribution in [3.63, 3.8) is 0 Å². The van der Waals surface area contributed by atoms with E-state index < -0.39 is 33.2 Å². The fraction of sp³-hybridized carbons (Fsp3) is 0.105. The minimum atomic E-state index is -4.78. The van der Waals surface area contributed by atoms with E-state index in [1.165, 1.54) is 41.7 Å². The van der Waals surface area contributed by atoms with Crippen molar-refractivity contribution in [2.75, 3.05) is 11.1 Å². The van der Waals surface area contributed by atoms with E-state index in [4.69, 9.17) is 5.14 Å². The largest absolute Gasteiger partial charge is 0.417 e. The number of sulfonamides is 1. The summed E-state index contributed by atoms with van der Waals surface area (Å²) in [5.41, 5.74) is -1.47. The first kappa shape index (κ1) is 23.7. The lowest BCUT2D eigenvalue weighted by Crippen LogP contribution is -2.16. The van der Waals surface area contributed by atoms with E-state index in [0.717, 1.165) is 6.07 Å². The molecule has 0 aliphatic heterocycles. The SMILES string of the molecule is N#Cc1c(C(F)(F)F)cc(-c2cccs2)nc1SCC(=O)Nc1ccc(S(N)(=O)=O)cc1. The number of nitrogens with zero attached hydrogens (tertiary/aromatic N) is 2. The zero-order valence-corrected chi connectivity index (χ0v) is 18.3. The number of hydrogen-bond donors (Lipinski definition) is 2. The Hall–Kier alpha value is -2.92. The molecule has 0 unspecified atom stereocenters. The van der Waals surface area contributed by atoms with Gasteiger partial charge in [-0.05, 0) is 41.8 Å². The van der Waals surface area contributed by atoms with Crippen LogP contribution >= 0.6 is 23.1 Å². The maximum Gasteiger partial charge on any atom is 0.417 e. The number of nitriles is 1. The van der Waals surface area contributed by atoms with E-state index in [1.807, 2.05) is 0 Å². The maximum atomic E-state index is 13.5. The monoisotopic (exact) mass is 498 g/mol. The summed E-state index contributed by atoms with van der Waals surface area (Å²) in [5, 5.41) is 18.3.